The van der Waals surface area contributed by atoms with Gasteiger partial charge < -0.3 is 14.9 Å². The van der Waals surface area contributed by atoms with Crippen molar-refractivity contribution in [2.75, 3.05) is 6.61 Å². The molecule has 2 amide bonds. The molecule has 0 saturated heterocycles. The minimum atomic E-state index is -0.944. The highest BCUT2D eigenvalue weighted by Gasteiger charge is 2.36. The number of carbonyl (C=O) groups is 2. The van der Waals surface area contributed by atoms with Crippen LogP contribution in [-0.2, 0) is 4.74 Å². The van der Waals surface area contributed by atoms with Gasteiger partial charge in [-0.15, -0.1) is 0 Å². The molecule has 0 aliphatic heterocycles. The van der Waals surface area contributed by atoms with Crippen LogP contribution in [0.1, 0.15) is 42.3 Å². The van der Waals surface area contributed by atoms with Crippen LogP contribution < -0.4 is 5.32 Å². The Labute approximate surface area is 180 Å². The molecule has 1 atom stereocenters. The van der Waals surface area contributed by atoms with E-state index in [-0.39, 0.29) is 12.4 Å². The standard InChI is InChI=1S/C20H21Br2NO5/c1-20(2,8-9-24)17(14-10-13(21)11-15(22)16(14)25)28-19(27)23-18(26)12-6-4-3-5-7-12/h3-7,10-11,17,24-25H,8-9H2,1-2H3,(H,23,26,27)/t17-/m0/s1. The maximum absolute atomic E-state index is 12.4. The van der Waals surface area contributed by atoms with Crippen LogP contribution in [0.15, 0.2) is 51.4 Å². The van der Waals surface area contributed by atoms with Crippen LogP contribution in [0.3, 0.4) is 0 Å². The van der Waals surface area contributed by atoms with Gasteiger partial charge in [-0.1, -0.05) is 48.0 Å². The highest BCUT2D eigenvalue weighted by molar-refractivity contribution is 9.11. The van der Waals surface area contributed by atoms with Crippen molar-refractivity contribution < 1.29 is 24.5 Å². The third-order valence-corrected chi connectivity index (χ3v) is 5.34. The number of ether oxygens (including phenoxy) is 1. The first-order valence-corrected chi connectivity index (χ1v) is 10.1. The summed E-state index contributed by atoms with van der Waals surface area (Å²) in [6, 6.07) is 11.6. The normalized spacial score (nSPS) is 12.3. The van der Waals surface area contributed by atoms with Gasteiger partial charge in [0.15, 0.2) is 0 Å². The number of benzene rings is 2. The number of aliphatic hydroxyl groups excluding tert-OH is 1. The SMILES string of the molecule is CC(C)(CCO)[C@@H](OC(=O)NC(=O)c1ccccc1)c1cc(Br)cc(Br)c1O. The van der Waals surface area contributed by atoms with Gasteiger partial charge in [0.05, 0.1) is 4.47 Å². The van der Waals surface area contributed by atoms with Crippen LogP contribution in [0, 0.1) is 5.41 Å². The highest BCUT2D eigenvalue weighted by Crippen LogP contribution is 2.45. The third kappa shape index (κ3) is 5.56. The molecule has 2 aromatic rings. The molecule has 0 saturated carbocycles. The van der Waals surface area contributed by atoms with Gasteiger partial charge in [-0.25, -0.2) is 4.79 Å². The predicted molar refractivity (Wildman–Crippen MR) is 112 cm³/mol. The lowest BCUT2D eigenvalue weighted by Gasteiger charge is -2.34. The van der Waals surface area contributed by atoms with E-state index in [1.807, 2.05) is 0 Å². The molecule has 3 N–H and O–H groups in total. The summed E-state index contributed by atoms with van der Waals surface area (Å²) in [7, 11) is 0. The second-order valence-electron chi connectivity index (χ2n) is 6.89. The van der Waals surface area contributed by atoms with Crippen LogP contribution in [0.4, 0.5) is 4.79 Å². The van der Waals surface area contributed by atoms with E-state index in [4.69, 9.17) is 4.74 Å². The molecule has 0 bridgehead atoms. The summed E-state index contributed by atoms with van der Waals surface area (Å²) in [6.07, 6.45) is -1.56. The number of carbonyl (C=O) groups excluding carboxylic acids is 2. The second kappa shape index (κ2) is 9.54. The van der Waals surface area contributed by atoms with Crippen LogP contribution in [-0.4, -0.2) is 28.8 Å². The summed E-state index contributed by atoms with van der Waals surface area (Å²) in [5, 5.41) is 22.1. The highest BCUT2D eigenvalue weighted by atomic mass is 79.9. The Hall–Kier alpha value is -1.90. The lowest BCUT2D eigenvalue weighted by molar-refractivity contribution is 0.00741. The zero-order valence-electron chi connectivity index (χ0n) is 15.4. The fourth-order valence-corrected chi connectivity index (χ4v) is 4.00. The maximum Gasteiger partial charge on any atom is 0.414 e. The molecule has 0 unspecified atom stereocenters. The maximum atomic E-state index is 12.4. The number of nitrogens with one attached hydrogen (secondary N) is 1. The van der Waals surface area contributed by atoms with Crippen molar-refractivity contribution in [3.63, 3.8) is 0 Å². The van der Waals surface area contributed by atoms with Crippen molar-refractivity contribution in [3.05, 3.63) is 62.5 Å². The molecule has 8 heteroatoms. The van der Waals surface area contributed by atoms with E-state index in [0.29, 0.717) is 26.5 Å². The number of aromatic hydroxyl groups is 1. The second-order valence-corrected chi connectivity index (χ2v) is 8.66. The molecule has 28 heavy (non-hydrogen) atoms. The zero-order valence-corrected chi connectivity index (χ0v) is 18.6. The van der Waals surface area contributed by atoms with E-state index in [2.05, 4.69) is 37.2 Å². The minimum Gasteiger partial charge on any atom is -0.506 e. The largest absolute Gasteiger partial charge is 0.506 e. The smallest absolute Gasteiger partial charge is 0.414 e. The molecule has 2 rings (SSSR count). The van der Waals surface area contributed by atoms with Crippen LogP contribution >= 0.6 is 31.9 Å². The van der Waals surface area contributed by atoms with E-state index < -0.39 is 23.5 Å². The van der Waals surface area contributed by atoms with Crippen molar-refractivity contribution in [3.8, 4) is 5.75 Å². The molecule has 0 aliphatic rings. The number of hydrogen-bond acceptors (Lipinski definition) is 5. The third-order valence-electron chi connectivity index (χ3n) is 4.28. The van der Waals surface area contributed by atoms with E-state index in [1.54, 1.807) is 56.3 Å². The predicted octanol–water partition coefficient (Wildman–Crippen LogP) is 4.93. The Morgan fingerprint density at radius 3 is 2.43 bits per heavy atom. The summed E-state index contributed by atoms with van der Waals surface area (Å²) in [5.74, 6) is -0.676. The first kappa shape index (κ1) is 22.4. The number of imide groups is 1. The van der Waals surface area contributed by atoms with Crippen molar-refractivity contribution in [2.45, 2.75) is 26.4 Å². The van der Waals surface area contributed by atoms with Gasteiger partial charge in [-0.3, -0.25) is 10.1 Å². The summed E-state index contributed by atoms with van der Waals surface area (Å²) < 4.78 is 6.64. The molecule has 150 valence electrons. The summed E-state index contributed by atoms with van der Waals surface area (Å²) in [6.45, 7) is 3.47. The molecule has 2 aromatic carbocycles. The van der Waals surface area contributed by atoms with Gasteiger partial charge in [-0.2, -0.15) is 0 Å². The lowest BCUT2D eigenvalue weighted by Crippen LogP contribution is -2.36. The Morgan fingerprint density at radius 2 is 1.82 bits per heavy atom. The lowest BCUT2D eigenvalue weighted by atomic mass is 9.79. The molecule has 6 nitrogen and oxygen atoms in total. The molecular weight excluding hydrogens is 494 g/mol. The number of alkyl carbamates (subject to hydrolysis) is 1. The topological polar surface area (TPSA) is 95.9 Å². The average Bonchev–Trinajstić information content (AvgIpc) is 2.63. The number of halogens is 2. The Bertz CT molecular complexity index is 855. The van der Waals surface area contributed by atoms with Crippen LogP contribution in [0.5, 0.6) is 5.75 Å². The molecule has 0 radical (unpaired) electrons. The van der Waals surface area contributed by atoms with Gasteiger partial charge in [0, 0.05) is 27.6 Å². The van der Waals surface area contributed by atoms with Crippen LogP contribution in [0.25, 0.3) is 0 Å². The summed E-state index contributed by atoms with van der Waals surface area (Å²) in [4.78, 5) is 24.6. The fourth-order valence-electron chi connectivity index (χ4n) is 2.74. The summed E-state index contributed by atoms with van der Waals surface area (Å²) >= 11 is 6.63. The molecule has 0 spiro atoms. The number of rotatable bonds is 6. The zero-order chi connectivity index (χ0) is 20.9. The molecule has 0 heterocycles. The van der Waals surface area contributed by atoms with Crippen molar-refractivity contribution in [1.82, 2.24) is 5.32 Å². The first-order valence-electron chi connectivity index (χ1n) is 8.51. The van der Waals surface area contributed by atoms with E-state index in [1.165, 1.54) is 0 Å². The molecule has 0 aliphatic carbocycles. The van der Waals surface area contributed by atoms with Crippen molar-refractivity contribution in [2.24, 2.45) is 5.41 Å². The Morgan fingerprint density at radius 1 is 1.18 bits per heavy atom. The van der Waals surface area contributed by atoms with Crippen molar-refractivity contribution >= 4 is 43.9 Å². The number of phenolic OH excluding ortho intramolecular Hbond substituents is 1. The van der Waals surface area contributed by atoms with Crippen molar-refractivity contribution in [1.29, 1.82) is 0 Å². The molecule has 0 fully saturated rings. The quantitative estimate of drug-likeness (QED) is 0.507. The average molecular weight is 515 g/mol. The summed E-state index contributed by atoms with van der Waals surface area (Å²) in [5.41, 5.74) is -0.0553. The number of hydrogen-bond donors (Lipinski definition) is 3. The molecule has 0 aromatic heterocycles. The van der Waals surface area contributed by atoms with E-state index in [0.717, 1.165) is 0 Å². The molecular formula is C20H21Br2NO5. The van der Waals surface area contributed by atoms with E-state index >= 15 is 0 Å². The fraction of sp³-hybridized carbons (Fsp3) is 0.300. The van der Waals surface area contributed by atoms with Gasteiger partial charge in [0.25, 0.3) is 5.91 Å². The van der Waals surface area contributed by atoms with Gasteiger partial charge >= 0.3 is 6.09 Å². The van der Waals surface area contributed by atoms with E-state index in [9.17, 15) is 19.8 Å². The number of amides is 2. The number of phenols is 1. The first-order chi connectivity index (χ1) is 13.2. The number of aliphatic hydroxyl groups is 1. The Kier molecular flexibility index (Phi) is 7.63. The monoisotopic (exact) mass is 513 g/mol. The Balaban J connectivity index is 2.31. The minimum absolute atomic E-state index is 0.0820. The van der Waals surface area contributed by atoms with Gasteiger partial charge in [0.2, 0.25) is 0 Å². The van der Waals surface area contributed by atoms with Gasteiger partial charge in [0.1, 0.15) is 11.9 Å². The van der Waals surface area contributed by atoms with Gasteiger partial charge in [-0.05, 0) is 46.6 Å². The van der Waals surface area contributed by atoms with Crippen LogP contribution in [0.2, 0.25) is 0 Å².